The van der Waals surface area contributed by atoms with Crippen molar-refractivity contribution in [3.8, 4) is 0 Å². The van der Waals surface area contributed by atoms with Crippen molar-refractivity contribution < 1.29 is 14.3 Å². The molecule has 6 nitrogen and oxygen atoms in total. The molecule has 2 aromatic rings. The van der Waals surface area contributed by atoms with E-state index in [-0.39, 0.29) is 11.8 Å². The smallest absolute Gasteiger partial charge is 0.285 e. The molecule has 0 unspecified atom stereocenters. The van der Waals surface area contributed by atoms with Gasteiger partial charge in [0.1, 0.15) is 0 Å². The number of hydrogen-bond acceptors (Lipinski definition) is 7. The molecule has 3 heterocycles. The van der Waals surface area contributed by atoms with Gasteiger partial charge in [0, 0.05) is 18.8 Å². The summed E-state index contributed by atoms with van der Waals surface area (Å²) < 4.78 is 5.69. The molecule has 28 heavy (non-hydrogen) atoms. The number of carbonyl (C=O) groups excluding carboxylic acids is 2. The molecule has 1 aromatic heterocycles. The molecule has 0 spiro atoms. The van der Waals surface area contributed by atoms with Crippen molar-refractivity contribution in [3.05, 3.63) is 57.1 Å². The fraction of sp³-hybridized carbons (Fsp3) is 0.211. The number of hydrazine groups is 1. The Bertz CT molecular complexity index is 920. The molecule has 2 aliphatic heterocycles. The number of thiophene rings is 1. The summed E-state index contributed by atoms with van der Waals surface area (Å²) in [5.41, 5.74) is 4.62. The van der Waals surface area contributed by atoms with Gasteiger partial charge in [-0.1, -0.05) is 30.0 Å². The van der Waals surface area contributed by atoms with Crippen LogP contribution in [0.2, 0.25) is 0 Å². The van der Waals surface area contributed by atoms with Crippen LogP contribution in [0.15, 0.2) is 46.7 Å². The topological polar surface area (TPSA) is 61.9 Å². The molecule has 0 atom stereocenters. The van der Waals surface area contributed by atoms with Crippen LogP contribution in [0.25, 0.3) is 6.08 Å². The highest BCUT2D eigenvalue weighted by Crippen LogP contribution is 2.32. The Morgan fingerprint density at radius 2 is 1.93 bits per heavy atom. The van der Waals surface area contributed by atoms with Crippen molar-refractivity contribution in [2.24, 2.45) is 0 Å². The molecule has 2 amide bonds. The summed E-state index contributed by atoms with van der Waals surface area (Å²) in [5.74, 6) is -0.667. The lowest BCUT2D eigenvalue weighted by Gasteiger charge is -2.28. The number of thiocarbonyl (C=S) groups is 1. The SMILES string of the molecule is O=C(NN1C(=O)C(=Cc2ccc(N3CCOCC3)cc2)SC1=S)c1cccs1. The van der Waals surface area contributed by atoms with Gasteiger partial charge in [-0.3, -0.25) is 15.0 Å². The number of thioether (sulfide) groups is 1. The maximum absolute atomic E-state index is 12.7. The van der Waals surface area contributed by atoms with Crippen LogP contribution in [0.3, 0.4) is 0 Å². The number of nitrogens with zero attached hydrogens (tertiary/aromatic N) is 2. The molecule has 0 saturated carbocycles. The highest BCUT2D eigenvalue weighted by molar-refractivity contribution is 8.26. The van der Waals surface area contributed by atoms with Crippen LogP contribution in [0.4, 0.5) is 5.69 Å². The lowest BCUT2D eigenvalue weighted by atomic mass is 10.1. The Hall–Kier alpha value is -2.20. The van der Waals surface area contributed by atoms with Gasteiger partial charge in [-0.25, -0.2) is 0 Å². The van der Waals surface area contributed by atoms with Gasteiger partial charge < -0.3 is 9.64 Å². The van der Waals surface area contributed by atoms with Gasteiger partial charge >= 0.3 is 0 Å². The number of carbonyl (C=O) groups is 2. The van der Waals surface area contributed by atoms with Crippen molar-refractivity contribution in [2.75, 3.05) is 31.2 Å². The predicted octanol–water partition coefficient (Wildman–Crippen LogP) is 3.13. The zero-order valence-electron chi connectivity index (χ0n) is 14.8. The average Bonchev–Trinajstić information content (AvgIpc) is 3.34. The molecule has 2 aliphatic rings. The third-order valence-corrected chi connectivity index (χ3v) is 6.49. The first-order valence-corrected chi connectivity index (χ1v) is 10.8. The molecule has 1 N–H and O–H groups in total. The Morgan fingerprint density at radius 1 is 1.18 bits per heavy atom. The Kier molecular flexibility index (Phi) is 5.77. The van der Waals surface area contributed by atoms with Crippen LogP contribution in [-0.4, -0.2) is 47.4 Å². The number of hydrogen-bond donors (Lipinski definition) is 1. The van der Waals surface area contributed by atoms with Crippen LogP contribution in [-0.2, 0) is 9.53 Å². The quantitative estimate of drug-likeness (QED) is 0.593. The maximum Gasteiger partial charge on any atom is 0.285 e. The molecule has 2 saturated heterocycles. The minimum absolute atomic E-state index is 0.311. The van der Waals surface area contributed by atoms with E-state index >= 15 is 0 Å². The second kappa shape index (κ2) is 8.44. The summed E-state index contributed by atoms with van der Waals surface area (Å²) in [6.45, 7) is 3.23. The van der Waals surface area contributed by atoms with E-state index in [1.54, 1.807) is 23.6 Å². The summed E-state index contributed by atoms with van der Waals surface area (Å²) in [7, 11) is 0. The lowest BCUT2D eigenvalue weighted by molar-refractivity contribution is -0.123. The molecule has 2 fully saturated rings. The zero-order valence-corrected chi connectivity index (χ0v) is 17.2. The number of rotatable bonds is 4. The first-order valence-electron chi connectivity index (χ1n) is 8.67. The normalized spacial score (nSPS) is 18.8. The number of ether oxygens (including phenoxy) is 1. The van der Waals surface area contributed by atoms with Gasteiger partial charge in [-0.2, -0.15) is 5.01 Å². The highest BCUT2D eigenvalue weighted by Gasteiger charge is 2.33. The molecule has 0 bridgehead atoms. The maximum atomic E-state index is 12.7. The van der Waals surface area contributed by atoms with Crippen molar-refractivity contribution in [3.63, 3.8) is 0 Å². The summed E-state index contributed by atoms with van der Waals surface area (Å²) in [4.78, 5) is 28.1. The third-order valence-electron chi connectivity index (χ3n) is 4.32. The summed E-state index contributed by atoms with van der Waals surface area (Å²) >= 11 is 7.75. The van der Waals surface area contributed by atoms with E-state index in [1.807, 2.05) is 24.3 Å². The number of benzene rings is 1. The fourth-order valence-corrected chi connectivity index (χ4v) is 4.68. The molecule has 9 heteroatoms. The van der Waals surface area contributed by atoms with Crippen molar-refractivity contribution in [2.45, 2.75) is 0 Å². The van der Waals surface area contributed by atoms with Crippen LogP contribution in [0, 0.1) is 0 Å². The highest BCUT2D eigenvalue weighted by atomic mass is 32.2. The Balaban J connectivity index is 1.45. The van der Waals surface area contributed by atoms with E-state index in [1.165, 1.54) is 23.1 Å². The van der Waals surface area contributed by atoms with Crippen molar-refractivity contribution in [1.82, 2.24) is 10.4 Å². The molecule has 0 radical (unpaired) electrons. The van der Waals surface area contributed by atoms with Gasteiger partial charge in [-0.05, 0) is 47.4 Å². The number of amides is 2. The molecular formula is C19H17N3O3S3. The van der Waals surface area contributed by atoms with E-state index in [4.69, 9.17) is 17.0 Å². The van der Waals surface area contributed by atoms with E-state index < -0.39 is 0 Å². The second-order valence-corrected chi connectivity index (χ2v) is 8.75. The lowest BCUT2D eigenvalue weighted by Crippen LogP contribution is -2.44. The summed E-state index contributed by atoms with van der Waals surface area (Å²) in [5, 5.41) is 2.94. The van der Waals surface area contributed by atoms with Crippen molar-refractivity contribution in [1.29, 1.82) is 0 Å². The largest absolute Gasteiger partial charge is 0.378 e. The van der Waals surface area contributed by atoms with Gasteiger partial charge in [0.2, 0.25) is 0 Å². The molecule has 0 aliphatic carbocycles. The number of nitrogens with one attached hydrogen (secondary N) is 1. The summed E-state index contributed by atoms with van der Waals surface area (Å²) in [6, 6.07) is 11.5. The molecule has 144 valence electrons. The van der Waals surface area contributed by atoms with Crippen LogP contribution in [0.1, 0.15) is 15.2 Å². The van der Waals surface area contributed by atoms with Crippen LogP contribution in [0.5, 0.6) is 0 Å². The third kappa shape index (κ3) is 4.12. The van der Waals surface area contributed by atoms with Gasteiger partial charge in [0.25, 0.3) is 11.8 Å². The van der Waals surface area contributed by atoms with E-state index in [9.17, 15) is 9.59 Å². The second-order valence-electron chi connectivity index (χ2n) is 6.13. The molecule has 1 aromatic carbocycles. The van der Waals surface area contributed by atoms with E-state index in [0.29, 0.717) is 14.1 Å². The Labute approximate surface area is 176 Å². The Morgan fingerprint density at radius 3 is 2.61 bits per heavy atom. The van der Waals surface area contributed by atoms with E-state index in [0.717, 1.165) is 42.6 Å². The van der Waals surface area contributed by atoms with Crippen LogP contribution < -0.4 is 10.3 Å². The minimum Gasteiger partial charge on any atom is -0.378 e. The first kappa shape index (κ1) is 19.1. The number of anilines is 1. The first-order chi connectivity index (χ1) is 13.6. The molecule has 4 rings (SSSR count). The zero-order chi connectivity index (χ0) is 19.5. The predicted molar refractivity (Wildman–Crippen MR) is 116 cm³/mol. The average molecular weight is 432 g/mol. The van der Waals surface area contributed by atoms with Gasteiger partial charge in [0.15, 0.2) is 4.32 Å². The minimum atomic E-state index is -0.345. The van der Waals surface area contributed by atoms with Crippen molar-refractivity contribution >= 4 is 63.2 Å². The van der Waals surface area contributed by atoms with Crippen LogP contribution >= 0.6 is 35.3 Å². The monoisotopic (exact) mass is 431 g/mol. The standard InChI is InChI=1S/C19H17N3O3S3/c23-17(15-2-1-11-27-15)20-22-18(24)16(28-19(22)26)12-13-3-5-14(6-4-13)21-7-9-25-10-8-21/h1-6,11-12H,7-10H2,(H,20,23). The van der Waals surface area contributed by atoms with Gasteiger partial charge in [0.05, 0.1) is 23.0 Å². The number of morpholine rings is 1. The van der Waals surface area contributed by atoms with E-state index in [2.05, 4.69) is 10.3 Å². The fourth-order valence-electron chi connectivity index (χ4n) is 2.88. The van der Waals surface area contributed by atoms with Gasteiger partial charge in [-0.15, -0.1) is 11.3 Å². The summed E-state index contributed by atoms with van der Waals surface area (Å²) in [6.07, 6.45) is 1.79. The molecular weight excluding hydrogens is 414 g/mol.